The molecule has 0 radical (unpaired) electrons. The first-order chi connectivity index (χ1) is 8.56. The zero-order chi connectivity index (χ0) is 13.1. The van der Waals surface area contributed by atoms with Crippen LogP contribution in [0.5, 0.6) is 0 Å². The van der Waals surface area contributed by atoms with Gasteiger partial charge in [-0.2, -0.15) is 0 Å². The van der Waals surface area contributed by atoms with Crippen molar-refractivity contribution in [2.75, 3.05) is 11.1 Å². The van der Waals surface area contributed by atoms with Gasteiger partial charge in [0.25, 0.3) is 5.91 Å². The largest absolute Gasteiger partial charge is 0.397 e. The number of benzene rings is 2. The molecule has 0 aliphatic rings. The second-order valence-corrected chi connectivity index (χ2v) is 4.61. The molecule has 0 spiro atoms. The first-order valence-corrected chi connectivity index (χ1v) is 5.97. The highest BCUT2D eigenvalue weighted by atomic mass is 79.9. The second-order valence-electron chi connectivity index (χ2n) is 3.69. The third-order valence-electron chi connectivity index (χ3n) is 2.37. The summed E-state index contributed by atoms with van der Waals surface area (Å²) in [7, 11) is 0. The number of carbonyl (C=O) groups excluding carboxylic acids is 1. The Kier molecular flexibility index (Phi) is 3.62. The van der Waals surface area contributed by atoms with E-state index in [1.165, 1.54) is 18.2 Å². The molecule has 0 aromatic heterocycles. The molecule has 3 N–H and O–H groups in total. The van der Waals surface area contributed by atoms with Crippen LogP contribution in [-0.4, -0.2) is 5.91 Å². The van der Waals surface area contributed by atoms with Crippen LogP contribution in [0.3, 0.4) is 0 Å². The average molecular weight is 309 g/mol. The van der Waals surface area contributed by atoms with Crippen molar-refractivity contribution in [3.63, 3.8) is 0 Å². The van der Waals surface area contributed by atoms with Crippen LogP contribution >= 0.6 is 15.9 Å². The molecule has 2 aromatic rings. The molecule has 0 atom stereocenters. The zero-order valence-corrected chi connectivity index (χ0v) is 10.9. The molecule has 2 aromatic carbocycles. The summed E-state index contributed by atoms with van der Waals surface area (Å²) in [6.07, 6.45) is 0. The van der Waals surface area contributed by atoms with Crippen LogP contribution < -0.4 is 11.1 Å². The lowest BCUT2D eigenvalue weighted by Gasteiger charge is -2.08. The van der Waals surface area contributed by atoms with Gasteiger partial charge in [0.1, 0.15) is 5.82 Å². The monoisotopic (exact) mass is 308 g/mol. The summed E-state index contributed by atoms with van der Waals surface area (Å²) < 4.78 is 13.9. The molecule has 3 nitrogen and oxygen atoms in total. The number of nitrogens with one attached hydrogen (secondary N) is 1. The van der Waals surface area contributed by atoms with Gasteiger partial charge >= 0.3 is 0 Å². The maximum absolute atomic E-state index is 13.0. The van der Waals surface area contributed by atoms with Gasteiger partial charge in [-0.1, -0.05) is 15.9 Å². The minimum absolute atomic E-state index is 0.267. The molecule has 5 heteroatoms. The Bertz CT molecular complexity index is 584. The molecule has 92 valence electrons. The predicted molar refractivity (Wildman–Crippen MR) is 72.9 cm³/mol. The molecule has 0 unspecified atom stereocenters. The van der Waals surface area contributed by atoms with Crippen LogP contribution in [0.25, 0.3) is 0 Å². The van der Waals surface area contributed by atoms with Gasteiger partial charge in [-0.3, -0.25) is 4.79 Å². The topological polar surface area (TPSA) is 55.1 Å². The number of hydrogen-bond acceptors (Lipinski definition) is 2. The highest BCUT2D eigenvalue weighted by Gasteiger charge is 2.08. The summed E-state index contributed by atoms with van der Waals surface area (Å²) >= 11 is 3.28. The van der Waals surface area contributed by atoms with E-state index in [2.05, 4.69) is 21.2 Å². The van der Waals surface area contributed by atoms with Gasteiger partial charge < -0.3 is 11.1 Å². The van der Waals surface area contributed by atoms with Gasteiger partial charge in [-0.05, 0) is 42.5 Å². The predicted octanol–water partition coefficient (Wildman–Crippen LogP) is 3.42. The fraction of sp³-hybridized carbons (Fsp3) is 0. The minimum Gasteiger partial charge on any atom is -0.397 e. The first kappa shape index (κ1) is 12.6. The van der Waals surface area contributed by atoms with E-state index in [1.807, 2.05) is 0 Å². The van der Waals surface area contributed by atoms with Crippen molar-refractivity contribution in [2.24, 2.45) is 0 Å². The number of nitrogen functional groups attached to an aromatic ring is 1. The van der Waals surface area contributed by atoms with Gasteiger partial charge in [0.15, 0.2) is 0 Å². The Morgan fingerprint density at radius 1 is 1.17 bits per heavy atom. The molecule has 0 heterocycles. The summed E-state index contributed by atoms with van der Waals surface area (Å²) in [5.41, 5.74) is 6.71. The van der Waals surface area contributed by atoms with Crippen molar-refractivity contribution in [3.8, 4) is 0 Å². The van der Waals surface area contributed by atoms with Crippen LogP contribution in [0, 0.1) is 5.82 Å². The first-order valence-electron chi connectivity index (χ1n) is 5.18. The third kappa shape index (κ3) is 2.87. The van der Waals surface area contributed by atoms with Crippen molar-refractivity contribution in [2.45, 2.75) is 0 Å². The van der Waals surface area contributed by atoms with Gasteiger partial charge in [0, 0.05) is 10.0 Å². The maximum atomic E-state index is 13.0. The normalized spacial score (nSPS) is 10.1. The smallest absolute Gasteiger partial charge is 0.255 e. The third-order valence-corrected chi connectivity index (χ3v) is 2.90. The van der Waals surface area contributed by atoms with Crippen molar-refractivity contribution in [3.05, 3.63) is 58.3 Å². The lowest BCUT2D eigenvalue weighted by atomic mass is 10.2. The van der Waals surface area contributed by atoms with E-state index in [1.54, 1.807) is 24.3 Å². The summed E-state index contributed by atoms with van der Waals surface area (Å²) in [4.78, 5) is 11.9. The second kappa shape index (κ2) is 5.18. The Hall–Kier alpha value is -1.88. The van der Waals surface area contributed by atoms with E-state index in [0.29, 0.717) is 11.3 Å². The van der Waals surface area contributed by atoms with Crippen LogP contribution in [0.4, 0.5) is 15.8 Å². The fourth-order valence-corrected chi connectivity index (χ4v) is 1.70. The van der Waals surface area contributed by atoms with E-state index in [0.717, 1.165) is 4.47 Å². The number of hydrogen-bond donors (Lipinski definition) is 2. The van der Waals surface area contributed by atoms with E-state index in [-0.39, 0.29) is 11.6 Å². The molecule has 0 fully saturated rings. The molecule has 0 aliphatic heterocycles. The van der Waals surface area contributed by atoms with E-state index < -0.39 is 5.82 Å². The number of nitrogens with two attached hydrogens (primary N) is 1. The average Bonchev–Trinajstić information content (AvgIpc) is 2.34. The fourth-order valence-electron chi connectivity index (χ4n) is 1.43. The van der Waals surface area contributed by atoms with Crippen molar-refractivity contribution >= 4 is 33.2 Å². The minimum atomic E-state index is -0.449. The van der Waals surface area contributed by atoms with Crippen LogP contribution in [0.2, 0.25) is 0 Å². The van der Waals surface area contributed by atoms with E-state index in [4.69, 9.17) is 5.73 Å². The number of halogens is 2. The molecule has 18 heavy (non-hydrogen) atoms. The summed E-state index contributed by atoms with van der Waals surface area (Å²) in [6.45, 7) is 0. The molecule has 2 rings (SSSR count). The molecular weight excluding hydrogens is 299 g/mol. The van der Waals surface area contributed by atoms with Crippen molar-refractivity contribution < 1.29 is 9.18 Å². The Morgan fingerprint density at radius 2 is 1.83 bits per heavy atom. The Morgan fingerprint density at radius 3 is 2.50 bits per heavy atom. The maximum Gasteiger partial charge on any atom is 0.255 e. The molecule has 0 aliphatic carbocycles. The SMILES string of the molecule is Nc1ccc(F)cc1NC(=O)c1ccc(Br)cc1. The number of amides is 1. The zero-order valence-electron chi connectivity index (χ0n) is 9.28. The highest BCUT2D eigenvalue weighted by molar-refractivity contribution is 9.10. The molecule has 0 bridgehead atoms. The number of carbonyl (C=O) groups is 1. The molecular formula is C13H10BrFN2O. The molecule has 1 amide bonds. The van der Waals surface area contributed by atoms with E-state index in [9.17, 15) is 9.18 Å². The van der Waals surface area contributed by atoms with Gasteiger partial charge in [0.05, 0.1) is 11.4 Å². The van der Waals surface area contributed by atoms with Crippen molar-refractivity contribution in [1.82, 2.24) is 0 Å². The lowest BCUT2D eigenvalue weighted by molar-refractivity contribution is 0.102. The highest BCUT2D eigenvalue weighted by Crippen LogP contribution is 2.20. The van der Waals surface area contributed by atoms with Gasteiger partial charge in [0.2, 0.25) is 0 Å². The number of anilines is 2. The van der Waals surface area contributed by atoms with Crippen molar-refractivity contribution in [1.29, 1.82) is 0 Å². The summed E-state index contributed by atoms with van der Waals surface area (Å²) in [5.74, 6) is -0.782. The number of rotatable bonds is 2. The van der Waals surface area contributed by atoms with Crippen LogP contribution in [-0.2, 0) is 0 Å². The molecule has 0 saturated heterocycles. The lowest BCUT2D eigenvalue weighted by Crippen LogP contribution is -2.13. The Balaban J connectivity index is 2.21. The van der Waals surface area contributed by atoms with Crippen LogP contribution in [0.1, 0.15) is 10.4 Å². The van der Waals surface area contributed by atoms with Gasteiger partial charge in [-0.15, -0.1) is 0 Å². The summed E-state index contributed by atoms with van der Waals surface area (Å²) in [5, 5.41) is 2.57. The van der Waals surface area contributed by atoms with Gasteiger partial charge in [-0.25, -0.2) is 4.39 Å². The quantitative estimate of drug-likeness (QED) is 0.835. The van der Waals surface area contributed by atoms with Crippen LogP contribution in [0.15, 0.2) is 46.9 Å². The molecule has 0 saturated carbocycles. The Labute approximate surface area is 112 Å². The summed E-state index contributed by atoms with van der Waals surface area (Å²) in [6, 6.07) is 10.7. The van der Waals surface area contributed by atoms with E-state index >= 15 is 0 Å². The standard InChI is InChI=1S/C13H10BrFN2O/c14-9-3-1-8(2-4-9)13(18)17-12-7-10(15)5-6-11(12)16/h1-7H,16H2,(H,17,18).